The van der Waals surface area contributed by atoms with E-state index < -0.39 is 11.3 Å². The van der Waals surface area contributed by atoms with Crippen LogP contribution in [-0.2, 0) is 11.3 Å². The molecule has 3 atom stereocenters. The standard InChI is InChI=1S/C12H27NO2S/c1-5-7-9-11(3)13(16(14)15)12(4)10-8-6-2/h11-12H,5-10H2,1-4H3,(H,14,15)/p-1. The van der Waals surface area contributed by atoms with Gasteiger partial charge in [-0.2, -0.15) is 0 Å². The van der Waals surface area contributed by atoms with Crippen molar-refractivity contribution in [1.29, 1.82) is 0 Å². The Labute approximate surface area is 103 Å². The van der Waals surface area contributed by atoms with E-state index in [1.54, 1.807) is 4.31 Å². The van der Waals surface area contributed by atoms with Crippen LogP contribution in [0.25, 0.3) is 0 Å². The van der Waals surface area contributed by atoms with Crippen LogP contribution in [0.1, 0.15) is 66.2 Å². The maximum atomic E-state index is 11.2. The van der Waals surface area contributed by atoms with Crippen molar-refractivity contribution >= 4 is 11.3 Å². The summed E-state index contributed by atoms with van der Waals surface area (Å²) in [4.78, 5) is 0. The smallest absolute Gasteiger partial charge is 0.0214 e. The molecular weight excluding hydrogens is 222 g/mol. The summed E-state index contributed by atoms with van der Waals surface area (Å²) in [6.45, 7) is 8.28. The Morgan fingerprint density at radius 3 is 1.69 bits per heavy atom. The molecule has 0 aliphatic carbocycles. The first-order chi connectivity index (χ1) is 7.54. The van der Waals surface area contributed by atoms with Gasteiger partial charge < -0.3 is 4.55 Å². The molecule has 0 aliphatic heterocycles. The SMILES string of the molecule is CCCCC(C)N(C(C)CCCC)S(=O)[O-]. The molecular formula is C12H26NO2S-. The van der Waals surface area contributed by atoms with E-state index in [2.05, 4.69) is 13.8 Å². The molecule has 3 nitrogen and oxygen atoms in total. The molecule has 0 heterocycles. The van der Waals surface area contributed by atoms with Crippen molar-refractivity contribution in [3.8, 4) is 0 Å². The fraction of sp³-hybridized carbons (Fsp3) is 1.00. The molecule has 0 bridgehead atoms. The lowest BCUT2D eigenvalue weighted by Crippen LogP contribution is -2.41. The minimum absolute atomic E-state index is 0.130. The van der Waals surface area contributed by atoms with Crippen LogP contribution in [0.15, 0.2) is 0 Å². The monoisotopic (exact) mass is 248 g/mol. The molecule has 0 N–H and O–H groups in total. The maximum Gasteiger partial charge on any atom is 0.0214 e. The summed E-state index contributed by atoms with van der Waals surface area (Å²) in [5.74, 6) is 0. The second-order valence-electron chi connectivity index (χ2n) is 4.56. The quantitative estimate of drug-likeness (QED) is 0.588. The molecule has 0 saturated heterocycles. The Kier molecular flexibility index (Phi) is 9.18. The van der Waals surface area contributed by atoms with E-state index in [0.717, 1.165) is 38.5 Å². The van der Waals surface area contributed by atoms with Gasteiger partial charge >= 0.3 is 0 Å². The Balaban J connectivity index is 4.28. The molecule has 0 saturated carbocycles. The highest BCUT2D eigenvalue weighted by atomic mass is 32.2. The van der Waals surface area contributed by atoms with Gasteiger partial charge in [-0.3, -0.25) is 4.21 Å². The molecule has 16 heavy (non-hydrogen) atoms. The van der Waals surface area contributed by atoms with E-state index in [1.165, 1.54) is 0 Å². The molecule has 0 aliphatic rings. The zero-order chi connectivity index (χ0) is 12.6. The average molecular weight is 248 g/mol. The minimum Gasteiger partial charge on any atom is -0.760 e. The van der Waals surface area contributed by atoms with Gasteiger partial charge in [0.05, 0.1) is 0 Å². The van der Waals surface area contributed by atoms with Gasteiger partial charge in [-0.1, -0.05) is 39.5 Å². The van der Waals surface area contributed by atoms with Gasteiger partial charge in [-0.15, -0.1) is 0 Å². The number of hydrogen-bond acceptors (Lipinski definition) is 2. The van der Waals surface area contributed by atoms with Gasteiger partial charge in [0.1, 0.15) is 0 Å². The van der Waals surface area contributed by atoms with E-state index in [1.807, 2.05) is 13.8 Å². The van der Waals surface area contributed by atoms with Crippen molar-refractivity contribution in [3.05, 3.63) is 0 Å². The first kappa shape index (κ1) is 16.1. The Hall–Kier alpha value is 0.0700. The molecule has 98 valence electrons. The molecule has 0 radical (unpaired) electrons. The number of unbranched alkanes of at least 4 members (excludes halogenated alkanes) is 2. The molecule has 4 heteroatoms. The first-order valence-corrected chi connectivity index (χ1v) is 7.45. The Morgan fingerprint density at radius 2 is 1.44 bits per heavy atom. The first-order valence-electron chi connectivity index (χ1n) is 6.42. The van der Waals surface area contributed by atoms with Crippen LogP contribution in [0.3, 0.4) is 0 Å². The zero-order valence-electron chi connectivity index (χ0n) is 11.1. The largest absolute Gasteiger partial charge is 0.760 e. The fourth-order valence-electron chi connectivity index (χ4n) is 1.98. The third-order valence-electron chi connectivity index (χ3n) is 2.99. The topological polar surface area (TPSA) is 43.4 Å². The van der Waals surface area contributed by atoms with Crippen LogP contribution in [-0.4, -0.2) is 25.2 Å². The van der Waals surface area contributed by atoms with Crippen molar-refractivity contribution in [2.75, 3.05) is 0 Å². The lowest BCUT2D eigenvalue weighted by Gasteiger charge is -2.35. The lowest BCUT2D eigenvalue weighted by atomic mass is 10.1. The van der Waals surface area contributed by atoms with Gasteiger partial charge in [-0.25, -0.2) is 4.31 Å². The number of hydrogen-bond donors (Lipinski definition) is 0. The molecule has 0 fully saturated rings. The third-order valence-corrected chi connectivity index (χ3v) is 4.06. The molecule has 0 amide bonds. The normalized spacial score (nSPS) is 17.4. The van der Waals surface area contributed by atoms with Crippen LogP contribution in [0.5, 0.6) is 0 Å². The second kappa shape index (κ2) is 9.14. The summed E-state index contributed by atoms with van der Waals surface area (Å²) in [5.41, 5.74) is 0. The van der Waals surface area contributed by atoms with Crippen LogP contribution in [0, 0.1) is 0 Å². The predicted octanol–water partition coefficient (Wildman–Crippen LogP) is 3.24. The summed E-state index contributed by atoms with van der Waals surface area (Å²) < 4.78 is 24.1. The van der Waals surface area contributed by atoms with Crippen LogP contribution in [0.4, 0.5) is 0 Å². The van der Waals surface area contributed by atoms with Crippen molar-refractivity contribution in [2.24, 2.45) is 0 Å². The Bertz CT molecular complexity index is 185. The molecule has 0 aromatic carbocycles. The highest BCUT2D eigenvalue weighted by molar-refractivity contribution is 7.76. The molecule has 0 aromatic heterocycles. The molecule has 0 aromatic rings. The van der Waals surface area contributed by atoms with E-state index in [-0.39, 0.29) is 12.1 Å². The highest BCUT2D eigenvalue weighted by Crippen LogP contribution is 2.17. The van der Waals surface area contributed by atoms with E-state index >= 15 is 0 Å². The van der Waals surface area contributed by atoms with E-state index in [9.17, 15) is 8.76 Å². The van der Waals surface area contributed by atoms with Gasteiger partial charge in [0.25, 0.3) is 0 Å². The lowest BCUT2D eigenvalue weighted by molar-refractivity contribution is 0.239. The number of rotatable bonds is 9. The van der Waals surface area contributed by atoms with Crippen LogP contribution in [0.2, 0.25) is 0 Å². The predicted molar refractivity (Wildman–Crippen MR) is 68.7 cm³/mol. The average Bonchev–Trinajstić information content (AvgIpc) is 2.23. The van der Waals surface area contributed by atoms with Gasteiger partial charge in [0, 0.05) is 23.4 Å². The third kappa shape index (κ3) is 5.97. The Morgan fingerprint density at radius 1 is 1.06 bits per heavy atom. The summed E-state index contributed by atoms with van der Waals surface area (Å²) >= 11 is -2.09. The van der Waals surface area contributed by atoms with Crippen LogP contribution >= 0.6 is 0 Å². The van der Waals surface area contributed by atoms with Crippen LogP contribution < -0.4 is 0 Å². The number of nitrogens with zero attached hydrogens (tertiary/aromatic N) is 1. The summed E-state index contributed by atoms with van der Waals surface area (Å²) in [7, 11) is 0. The van der Waals surface area contributed by atoms with Crippen molar-refractivity contribution < 1.29 is 8.76 Å². The summed E-state index contributed by atoms with van der Waals surface area (Å²) in [6.07, 6.45) is 6.34. The van der Waals surface area contributed by atoms with Crippen molar-refractivity contribution in [2.45, 2.75) is 78.3 Å². The minimum atomic E-state index is -2.09. The highest BCUT2D eigenvalue weighted by Gasteiger charge is 2.20. The van der Waals surface area contributed by atoms with Crippen molar-refractivity contribution in [1.82, 2.24) is 4.31 Å². The van der Waals surface area contributed by atoms with Gasteiger partial charge in [-0.05, 0) is 26.7 Å². The second-order valence-corrected chi connectivity index (χ2v) is 5.42. The summed E-state index contributed by atoms with van der Waals surface area (Å²) in [6, 6.07) is 0.260. The van der Waals surface area contributed by atoms with Crippen molar-refractivity contribution in [3.63, 3.8) is 0 Å². The molecule has 0 spiro atoms. The van der Waals surface area contributed by atoms with E-state index in [4.69, 9.17) is 0 Å². The fourth-order valence-corrected chi connectivity index (χ4v) is 2.78. The maximum absolute atomic E-state index is 11.2. The zero-order valence-corrected chi connectivity index (χ0v) is 11.9. The molecule has 0 rings (SSSR count). The van der Waals surface area contributed by atoms with E-state index in [0.29, 0.717) is 0 Å². The van der Waals surface area contributed by atoms with Gasteiger partial charge in [0.2, 0.25) is 0 Å². The summed E-state index contributed by atoms with van der Waals surface area (Å²) in [5, 5.41) is 0. The molecule has 3 unspecified atom stereocenters. The van der Waals surface area contributed by atoms with Gasteiger partial charge in [0.15, 0.2) is 0 Å².